The molecule has 0 aliphatic heterocycles. The first-order chi connectivity index (χ1) is 34.9. The summed E-state index contributed by atoms with van der Waals surface area (Å²) in [6.07, 6.45) is 27.4. The Hall–Kier alpha value is -5.96. The van der Waals surface area contributed by atoms with Gasteiger partial charge in [-0.15, -0.1) is 0 Å². The number of carboxylic acids is 1. The van der Waals surface area contributed by atoms with Crippen LogP contribution in [0, 0.1) is 13.8 Å². The molecule has 2 atom stereocenters. The SMILES string of the molecule is CCCCCCCCCCCCCC(=O)NC(CC(N)=O)C(=O)Cc1ccc2c(C)cc(=O)oc2c1.CCCCCCCCCCCCCC(=O)O.Cc1cc(=O)oc2cc(CC(=O)C(N)CC(N)=O)ccc12. The Morgan fingerprint density at radius 1 is 0.521 bits per heavy atom. The maximum atomic E-state index is 12.9. The molecule has 0 saturated heterocycles. The van der Waals surface area contributed by atoms with E-state index in [4.69, 9.17) is 31.1 Å². The highest BCUT2D eigenvalue weighted by molar-refractivity contribution is 5.94. The predicted octanol–water partition coefficient (Wildman–Crippen LogP) is 10.5. The molecule has 404 valence electrons. The molecule has 0 bridgehead atoms. The third kappa shape index (κ3) is 28.2. The Morgan fingerprint density at radius 2 is 0.890 bits per heavy atom. The zero-order valence-electron chi connectivity index (χ0n) is 44.3. The lowest BCUT2D eigenvalue weighted by molar-refractivity contribution is -0.137. The second-order valence-electron chi connectivity index (χ2n) is 19.5. The van der Waals surface area contributed by atoms with Crippen molar-refractivity contribution < 1.29 is 42.7 Å². The fraction of sp³-hybridized carbons (Fsp3) is 0.586. The normalized spacial score (nSPS) is 11.7. The summed E-state index contributed by atoms with van der Waals surface area (Å²) in [6, 6.07) is 11.4. The molecule has 15 heteroatoms. The summed E-state index contributed by atoms with van der Waals surface area (Å²) in [6.45, 7) is 8.10. The maximum Gasteiger partial charge on any atom is 0.336 e. The Bertz CT molecular complexity index is 2440. The number of nitrogens with one attached hydrogen (secondary N) is 1. The Morgan fingerprint density at radius 3 is 1.27 bits per heavy atom. The largest absolute Gasteiger partial charge is 0.481 e. The average Bonchev–Trinajstić information content (AvgIpc) is 3.32. The van der Waals surface area contributed by atoms with E-state index in [9.17, 15) is 38.4 Å². The number of ketones is 2. The number of amides is 3. The van der Waals surface area contributed by atoms with Crippen LogP contribution in [0.2, 0.25) is 0 Å². The summed E-state index contributed by atoms with van der Waals surface area (Å²) in [5.74, 6) is -2.76. The lowest BCUT2D eigenvalue weighted by Gasteiger charge is -2.16. The summed E-state index contributed by atoms with van der Waals surface area (Å²) in [4.78, 5) is 92.8. The van der Waals surface area contributed by atoms with Crippen molar-refractivity contribution in [3.8, 4) is 0 Å². The van der Waals surface area contributed by atoms with Crippen LogP contribution in [0.3, 0.4) is 0 Å². The van der Waals surface area contributed by atoms with Crippen molar-refractivity contribution in [2.75, 3.05) is 0 Å². The second-order valence-corrected chi connectivity index (χ2v) is 19.5. The first kappa shape index (κ1) is 63.2. The number of hydrogen-bond acceptors (Lipinski definition) is 11. The molecule has 73 heavy (non-hydrogen) atoms. The van der Waals surface area contributed by atoms with Crippen molar-refractivity contribution in [1.82, 2.24) is 5.32 Å². The van der Waals surface area contributed by atoms with E-state index < -0.39 is 41.1 Å². The monoisotopic (exact) mass is 1010 g/mol. The molecular weight excluding hydrogens is 929 g/mol. The minimum absolute atomic E-state index is 0.00966. The van der Waals surface area contributed by atoms with Crippen molar-refractivity contribution >= 4 is 57.2 Å². The number of rotatable bonds is 35. The molecule has 15 nitrogen and oxygen atoms in total. The molecule has 0 spiro atoms. The van der Waals surface area contributed by atoms with Gasteiger partial charge in [0.2, 0.25) is 17.7 Å². The lowest BCUT2D eigenvalue weighted by Crippen LogP contribution is -2.44. The van der Waals surface area contributed by atoms with Gasteiger partial charge in [-0.3, -0.25) is 28.8 Å². The van der Waals surface area contributed by atoms with Crippen LogP contribution in [-0.4, -0.2) is 52.4 Å². The van der Waals surface area contributed by atoms with E-state index in [-0.39, 0.29) is 43.2 Å². The van der Waals surface area contributed by atoms with Crippen LogP contribution < -0.4 is 33.8 Å². The molecule has 3 amide bonds. The molecule has 0 saturated carbocycles. The minimum Gasteiger partial charge on any atom is -0.481 e. The molecule has 0 aliphatic carbocycles. The van der Waals surface area contributed by atoms with Gasteiger partial charge in [-0.05, 0) is 61.1 Å². The Kier molecular flexibility index (Phi) is 31.9. The smallest absolute Gasteiger partial charge is 0.336 e. The van der Waals surface area contributed by atoms with Crippen molar-refractivity contribution in [3.05, 3.63) is 91.6 Å². The van der Waals surface area contributed by atoms with Gasteiger partial charge in [-0.1, -0.05) is 167 Å². The van der Waals surface area contributed by atoms with Gasteiger partial charge >= 0.3 is 17.2 Å². The van der Waals surface area contributed by atoms with Gasteiger partial charge < -0.3 is 36.5 Å². The number of primary amides is 2. The molecule has 0 fully saturated rings. The quantitative estimate of drug-likeness (QED) is 0.0213. The average molecular weight is 1020 g/mol. The summed E-state index contributed by atoms with van der Waals surface area (Å²) in [5.41, 5.74) is 18.8. The van der Waals surface area contributed by atoms with Gasteiger partial charge in [-0.2, -0.15) is 0 Å². The number of benzene rings is 2. The van der Waals surface area contributed by atoms with Gasteiger partial charge in [0.15, 0.2) is 11.6 Å². The van der Waals surface area contributed by atoms with Crippen molar-refractivity contribution in [2.45, 2.75) is 220 Å². The van der Waals surface area contributed by atoms with Crippen molar-refractivity contribution in [3.63, 3.8) is 0 Å². The standard InChI is InChI=1S/C29H42N2O5.C15H16N2O4.C14H28O2/c1-3-4-5-6-7-8-9-10-11-12-13-14-28(34)31-24(20-27(30)33)25(32)18-22-15-16-23-21(2)17-29(35)36-26(23)19-22;1-8-4-15(20)21-13-6-9(2-3-10(8)13)5-12(18)11(16)7-14(17)19;1-2-3-4-5-6-7-8-9-10-11-12-13-14(15)16/h15-17,19,24H,3-14,18,20H2,1-2H3,(H2,30,33)(H,31,34);2-4,6,11H,5,7,16H2,1H3,(H2,17,19);2-13H2,1H3,(H,15,16). The number of nitrogens with two attached hydrogens (primary N) is 3. The third-order valence-electron chi connectivity index (χ3n) is 12.8. The van der Waals surface area contributed by atoms with Crippen LogP contribution >= 0.6 is 0 Å². The molecule has 2 aromatic carbocycles. The van der Waals surface area contributed by atoms with Crippen LogP contribution in [0.5, 0.6) is 0 Å². The van der Waals surface area contributed by atoms with Crippen LogP contribution in [0.25, 0.3) is 21.9 Å². The Balaban J connectivity index is 0.000000416. The first-order valence-electron chi connectivity index (χ1n) is 26.9. The van der Waals surface area contributed by atoms with Gasteiger partial charge in [0, 0.05) is 55.0 Å². The zero-order chi connectivity index (χ0) is 54.0. The van der Waals surface area contributed by atoms with E-state index in [0.717, 1.165) is 54.0 Å². The minimum atomic E-state index is -0.970. The van der Waals surface area contributed by atoms with Crippen LogP contribution in [0.1, 0.15) is 203 Å². The number of carbonyl (C=O) groups excluding carboxylic acids is 5. The summed E-state index contributed by atoms with van der Waals surface area (Å²) in [5, 5.41) is 12.8. The van der Waals surface area contributed by atoms with Crippen molar-refractivity contribution in [2.24, 2.45) is 17.2 Å². The second kappa shape index (κ2) is 36.9. The number of fused-ring (bicyclic) bond motifs is 2. The summed E-state index contributed by atoms with van der Waals surface area (Å²) < 4.78 is 10.4. The number of carboxylic acid groups (broad SMARTS) is 1. The summed E-state index contributed by atoms with van der Waals surface area (Å²) >= 11 is 0. The number of aliphatic carboxylic acids is 1. The van der Waals surface area contributed by atoms with Crippen LogP contribution in [0.4, 0.5) is 0 Å². The zero-order valence-corrected chi connectivity index (χ0v) is 44.3. The topological polar surface area (TPSA) is 273 Å². The first-order valence-corrected chi connectivity index (χ1v) is 26.9. The molecule has 4 aromatic rings. The van der Waals surface area contributed by atoms with Gasteiger partial charge in [-0.25, -0.2) is 9.59 Å². The highest BCUT2D eigenvalue weighted by atomic mass is 16.4. The number of Topliss-reactive ketones (excluding diaryl/α,β-unsaturated/α-hetero) is 2. The van der Waals surface area contributed by atoms with E-state index in [2.05, 4.69) is 19.2 Å². The molecule has 4 rings (SSSR count). The van der Waals surface area contributed by atoms with E-state index in [0.29, 0.717) is 35.1 Å². The maximum absolute atomic E-state index is 12.9. The fourth-order valence-corrected chi connectivity index (χ4v) is 8.55. The van der Waals surface area contributed by atoms with Crippen LogP contribution in [-0.2, 0) is 41.6 Å². The van der Waals surface area contributed by atoms with E-state index >= 15 is 0 Å². The van der Waals surface area contributed by atoms with Crippen molar-refractivity contribution in [1.29, 1.82) is 0 Å². The van der Waals surface area contributed by atoms with E-state index in [1.165, 1.54) is 121 Å². The lowest BCUT2D eigenvalue weighted by atomic mass is 9.99. The molecule has 0 aliphatic rings. The highest BCUT2D eigenvalue weighted by Crippen LogP contribution is 2.21. The van der Waals surface area contributed by atoms with E-state index in [1.54, 1.807) is 36.4 Å². The van der Waals surface area contributed by atoms with Gasteiger partial charge in [0.05, 0.1) is 18.5 Å². The number of unbranched alkanes of at least 4 members (excludes halogenated alkanes) is 20. The summed E-state index contributed by atoms with van der Waals surface area (Å²) in [7, 11) is 0. The highest BCUT2D eigenvalue weighted by Gasteiger charge is 2.23. The van der Waals surface area contributed by atoms with Crippen LogP contribution in [0.15, 0.2) is 67.0 Å². The molecule has 2 heterocycles. The Labute approximate surface area is 432 Å². The van der Waals surface area contributed by atoms with E-state index in [1.807, 2.05) is 13.8 Å². The molecular formula is C58H86N4O11. The van der Waals surface area contributed by atoms with Gasteiger partial charge in [0.1, 0.15) is 11.2 Å². The predicted molar refractivity (Wildman–Crippen MR) is 289 cm³/mol. The number of hydrogen-bond donors (Lipinski definition) is 5. The molecule has 2 unspecified atom stereocenters. The molecule has 2 aromatic heterocycles. The molecule has 0 radical (unpaired) electrons. The van der Waals surface area contributed by atoms with Gasteiger partial charge in [0.25, 0.3) is 0 Å². The fourth-order valence-electron chi connectivity index (χ4n) is 8.55. The number of carbonyl (C=O) groups is 6. The number of aryl methyl sites for hydroxylation is 2. The third-order valence-corrected chi connectivity index (χ3v) is 12.8. The molecule has 8 N–H and O–H groups in total.